The van der Waals surface area contributed by atoms with Gasteiger partial charge in [-0.25, -0.2) is 8.42 Å². The number of hydrogen-bond donors (Lipinski definition) is 1. The minimum absolute atomic E-state index is 0.103. The molecule has 0 saturated heterocycles. The topological polar surface area (TPSA) is 107 Å². The lowest BCUT2D eigenvalue weighted by molar-refractivity contribution is 0.354. The largest absolute Gasteiger partial charge is 0.493 e. The van der Waals surface area contributed by atoms with Crippen molar-refractivity contribution in [2.45, 2.75) is 4.90 Å². The second-order valence-corrected chi connectivity index (χ2v) is 7.30. The number of methoxy groups -OCH3 is 2. The average Bonchev–Trinajstić information content (AvgIpc) is 2.35. The summed E-state index contributed by atoms with van der Waals surface area (Å²) in [6.07, 6.45) is 0. The van der Waals surface area contributed by atoms with Crippen LogP contribution in [0.25, 0.3) is 0 Å². The minimum atomic E-state index is -4.33. The van der Waals surface area contributed by atoms with Crippen molar-refractivity contribution in [3.63, 3.8) is 0 Å². The molecule has 0 unspecified atom stereocenters. The van der Waals surface area contributed by atoms with Crippen molar-refractivity contribution in [3.05, 3.63) is 18.2 Å². The van der Waals surface area contributed by atoms with Crippen molar-refractivity contribution in [2.24, 2.45) is 0 Å². The van der Waals surface area contributed by atoms with E-state index in [4.69, 9.17) is 14.0 Å². The molecule has 1 aromatic rings. The van der Waals surface area contributed by atoms with Crippen LogP contribution in [0, 0.1) is 0 Å². The summed E-state index contributed by atoms with van der Waals surface area (Å²) in [7, 11) is -5.39. The van der Waals surface area contributed by atoms with Gasteiger partial charge in [-0.2, -0.15) is 8.42 Å². The van der Waals surface area contributed by atoms with E-state index in [1.165, 1.54) is 32.4 Å². The fraction of sp³-hybridized carbons (Fsp3) is 0.400. The van der Waals surface area contributed by atoms with Crippen molar-refractivity contribution in [2.75, 3.05) is 25.7 Å². The normalized spacial score (nSPS) is 12.2. The van der Waals surface area contributed by atoms with Gasteiger partial charge in [-0.3, -0.25) is 4.55 Å². The molecule has 0 aliphatic heterocycles. The van der Waals surface area contributed by atoms with Crippen LogP contribution in [-0.4, -0.2) is 47.1 Å². The Morgan fingerprint density at radius 2 is 1.58 bits per heavy atom. The number of sulfone groups is 1. The molecule has 1 N–H and O–H groups in total. The molecule has 0 bridgehead atoms. The predicted molar refractivity (Wildman–Crippen MR) is 68.0 cm³/mol. The fourth-order valence-electron chi connectivity index (χ4n) is 1.34. The second-order valence-electron chi connectivity index (χ2n) is 3.62. The number of rotatable bonds is 6. The Labute approximate surface area is 111 Å². The molecule has 1 aromatic carbocycles. The van der Waals surface area contributed by atoms with E-state index in [-0.39, 0.29) is 10.6 Å². The summed E-state index contributed by atoms with van der Waals surface area (Å²) < 4.78 is 63.4. The first kappa shape index (κ1) is 15.7. The van der Waals surface area contributed by atoms with Gasteiger partial charge in [0.15, 0.2) is 21.3 Å². The SMILES string of the molecule is COc1ccc(S(=O)(=O)CCS(=O)(=O)O)cc1OC. The van der Waals surface area contributed by atoms with Gasteiger partial charge in [-0.05, 0) is 12.1 Å². The minimum Gasteiger partial charge on any atom is -0.493 e. The Morgan fingerprint density at radius 3 is 2.05 bits per heavy atom. The average molecular weight is 310 g/mol. The first-order valence-electron chi connectivity index (χ1n) is 5.09. The molecule has 0 spiro atoms. The molecule has 19 heavy (non-hydrogen) atoms. The van der Waals surface area contributed by atoms with Gasteiger partial charge in [0.1, 0.15) is 0 Å². The molecule has 108 valence electrons. The molecule has 0 radical (unpaired) electrons. The molecule has 0 heterocycles. The van der Waals surface area contributed by atoms with Gasteiger partial charge < -0.3 is 9.47 Å². The Balaban J connectivity index is 3.08. The van der Waals surface area contributed by atoms with Gasteiger partial charge in [-0.1, -0.05) is 0 Å². The van der Waals surface area contributed by atoms with Crippen molar-refractivity contribution in [1.82, 2.24) is 0 Å². The Hall–Kier alpha value is -1.32. The third kappa shape index (κ3) is 4.37. The predicted octanol–water partition coefficient (Wildman–Crippen LogP) is 0.365. The Kier molecular flexibility index (Phi) is 4.77. The molecule has 9 heteroatoms. The molecule has 0 aliphatic carbocycles. The number of hydrogen-bond acceptors (Lipinski definition) is 6. The summed E-state index contributed by atoms with van der Waals surface area (Å²) in [5, 5.41) is 0. The van der Waals surface area contributed by atoms with E-state index >= 15 is 0 Å². The van der Waals surface area contributed by atoms with E-state index in [2.05, 4.69) is 0 Å². The van der Waals surface area contributed by atoms with Crippen LogP contribution >= 0.6 is 0 Å². The van der Waals surface area contributed by atoms with Crippen molar-refractivity contribution < 1.29 is 30.9 Å². The summed E-state index contributed by atoms with van der Waals surface area (Å²) in [6, 6.07) is 3.91. The molecule has 0 amide bonds. The number of ether oxygens (including phenoxy) is 2. The van der Waals surface area contributed by atoms with Crippen LogP contribution in [0.4, 0.5) is 0 Å². The van der Waals surface area contributed by atoms with E-state index in [0.717, 1.165) is 0 Å². The molecule has 0 aliphatic rings. The van der Waals surface area contributed by atoms with Crippen LogP contribution in [0.15, 0.2) is 23.1 Å². The zero-order valence-corrected chi connectivity index (χ0v) is 12.0. The first-order valence-corrected chi connectivity index (χ1v) is 8.35. The van der Waals surface area contributed by atoms with E-state index < -0.39 is 31.5 Å². The molecule has 1 rings (SSSR count). The van der Waals surface area contributed by atoms with Crippen LogP contribution < -0.4 is 9.47 Å². The summed E-state index contributed by atoms with van der Waals surface area (Å²) in [4.78, 5) is -0.103. The Bertz CT molecular complexity index is 646. The standard InChI is InChI=1S/C10H14O7S2/c1-16-9-4-3-8(7-10(9)17-2)18(11,12)5-6-19(13,14)15/h3-4,7H,5-6H2,1-2H3,(H,13,14,15). The van der Waals surface area contributed by atoms with Crippen LogP contribution in [0.3, 0.4) is 0 Å². The first-order chi connectivity index (χ1) is 8.69. The van der Waals surface area contributed by atoms with Gasteiger partial charge in [0.2, 0.25) is 0 Å². The lowest BCUT2D eigenvalue weighted by Crippen LogP contribution is -2.16. The van der Waals surface area contributed by atoms with E-state index in [1.54, 1.807) is 0 Å². The summed E-state index contributed by atoms with van der Waals surface area (Å²) in [6.45, 7) is 0. The molecular weight excluding hydrogens is 296 g/mol. The van der Waals surface area contributed by atoms with Gasteiger partial charge in [0.25, 0.3) is 10.1 Å². The number of benzene rings is 1. The quantitative estimate of drug-likeness (QED) is 0.756. The van der Waals surface area contributed by atoms with E-state index in [9.17, 15) is 16.8 Å². The molecule has 7 nitrogen and oxygen atoms in total. The monoisotopic (exact) mass is 310 g/mol. The molecule has 0 atom stereocenters. The molecule has 0 saturated carbocycles. The highest BCUT2D eigenvalue weighted by molar-refractivity contribution is 7.93. The summed E-state index contributed by atoms with van der Waals surface area (Å²) >= 11 is 0. The van der Waals surface area contributed by atoms with E-state index in [0.29, 0.717) is 5.75 Å². The zero-order valence-electron chi connectivity index (χ0n) is 10.4. The van der Waals surface area contributed by atoms with E-state index in [1.807, 2.05) is 0 Å². The lowest BCUT2D eigenvalue weighted by Gasteiger charge is -2.09. The van der Waals surface area contributed by atoms with Gasteiger partial charge in [0.05, 0.1) is 30.6 Å². The van der Waals surface area contributed by atoms with Crippen LogP contribution in [0.1, 0.15) is 0 Å². The zero-order chi connectivity index (χ0) is 14.7. The molecule has 0 fully saturated rings. The maximum absolute atomic E-state index is 11.9. The fourth-order valence-corrected chi connectivity index (χ4v) is 3.86. The third-order valence-corrected chi connectivity index (χ3v) is 5.02. The summed E-state index contributed by atoms with van der Waals surface area (Å²) in [5.41, 5.74) is 0. The Morgan fingerprint density at radius 1 is 1.00 bits per heavy atom. The highest BCUT2D eigenvalue weighted by atomic mass is 32.2. The summed E-state index contributed by atoms with van der Waals surface area (Å²) in [5.74, 6) is -0.989. The highest BCUT2D eigenvalue weighted by Crippen LogP contribution is 2.29. The molecule has 0 aromatic heterocycles. The van der Waals surface area contributed by atoms with Crippen LogP contribution in [0.2, 0.25) is 0 Å². The second kappa shape index (κ2) is 5.76. The maximum Gasteiger partial charge on any atom is 0.265 e. The highest BCUT2D eigenvalue weighted by Gasteiger charge is 2.20. The van der Waals surface area contributed by atoms with Crippen molar-refractivity contribution in [3.8, 4) is 11.5 Å². The van der Waals surface area contributed by atoms with Gasteiger partial charge in [-0.15, -0.1) is 0 Å². The van der Waals surface area contributed by atoms with Crippen molar-refractivity contribution in [1.29, 1.82) is 0 Å². The maximum atomic E-state index is 11.9. The van der Waals surface area contributed by atoms with Crippen LogP contribution in [-0.2, 0) is 20.0 Å². The van der Waals surface area contributed by atoms with Crippen LogP contribution in [0.5, 0.6) is 11.5 Å². The van der Waals surface area contributed by atoms with Crippen molar-refractivity contribution >= 4 is 20.0 Å². The molecular formula is C10H14O7S2. The smallest absolute Gasteiger partial charge is 0.265 e. The van der Waals surface area contributed by atoms with Gasteiger partial charge in [0, 0.05) is 6.07 Å². The third-order valence-electron chi connectivity index (χ3n) is 2.32. The lowest BCUT2D eigenvalue weighted by atomic mass is 10.3. The van der Waals surface area contributed by atoms with Gasteiger partial charge >= 0.3 is 0 Å².